The number of carbonyl (C=O) groups excluding carboxylic acids is 2. The summed E-state index contributed by atoms with van der Waals surface area (Å²) in [6.45, 7) is 3.31. The molecule has 0 radical (unpaired) electrons. The Balaban J connectivity index is 0.00000342. The monoisotopic (exact) mass is 558 g/mol. The third kappa shape index (κ3) is 4.77. The van der Waals surface area contributed by atoms with Crippen molar-refractivity contribution in [1.29, 1.82) is 0 Å². The van der Waals surface area contributed by atoms with Gasteiger partial charge in [0.15, 0.2) is 0 Å². The fourth-order valence-electron chi connectivity index (χ4n) is 4.11. The molecule has 0 fully saturated rings. The van der Waals surface area contributed by atoms with Gasteiger partial charge < -0.3 is 21.7 Å². The van der Waals surface area contributed by atoms with Gasteiger partial charge in [-0.25, -0.2) is 9.10 Å². The van der Waals surface area contributed by atoms with Gasteiger partial charge in [-0.1, -0.05) is 24.3 Å². The molecule has 1 N–H and O–H groups in total. The quantitative estimate of drug-likeness (QED) is 0.129. The van der Waals surface area contributed by atoms with Crippen molar-refractivity contribution < 1.29 is 48.8 Å². The highest BCUT2D eigenvalue weighted by Gasteiger charge is 2.26. The van der Waals surface area contributed by atoms with Gasteiger partial charge in [0.25, 0.3) is 5.91 Å². The standard InChI is InChI=1S/C25H22N2O6S.BrH/c1-15-13-17(24(28)27(4)34(30,31)32)14-16(2)23(15)33-25(29)22-18-9-5-7-11-20(18)26(3)21-12-8-6-10-19(21)22;/h5-14H,1-4H3;1H. The SMILES string of the molecule is Cc1cc(C(=O)N(C)S(=O)(=O)O)cc(C)c1OC(=O)c1c2ccccc2[n+](C)c2ccccc12.[Br-]. The van der Waals surface area contributed by atoms with Crippen LogP contribution in [0.3, 0.4) is 0 Å². The van der Waals surface area contributed by atoms with Gasteiger partial charge in [0, 0.05) is 24.7 Å². The van der Waals surface area contributed by atoms with Crippen molar-refractivity contribution >= 4 is 44.0 Å². The molecule has 1 heterocycles. The second-order valence-electron chi connectivity index (χ2n) is 8.05. The van der Waals surface area contributed by atoms with Crippen LogP contribution < -0.4 is 26.3 Å². The van der Waals surface area contributed by atoms with Crippen LogP contribution in [0.1, 0.15) is 31.8 Å². The van der Waals surface area contributed by atoms with E-state index >= 15 is 0 Å². The van der Waals surface area contributed by atoms with Crippen molar-refractivity contribution in [3.63, 3.8) is 0 Å². The maximum absolute atomic E-state index is 13.5. The highest BCUT2D eigenvalue weighted by atomic mass is 79.9. The molecule has 0 unspecified atom stereocenters. The number of rotatable bonds is 4. The fraction of sp³-hybridized carbons (Fsp3) is 0.160. The molecule has 0 aliphatic carbocycles. The highest BCUT2D eigenvalue weighted by Crippen LogP contribution is 2.30. The van der Waals surface area contributed by atoms with E-state index in [-0.39, 0.29) is 32.6 Å². The number of aromatic nitrogens is 1. The summed E-state index contributed by atoms with van der Waals surface area (Å²) in [6, 6.07) is 18.0. The first-order valence-electron chi connectivity index (χ1n) is 10.4. The minimum atomic E-state index is -4.69. The first kappa shape index (κ1) is 26.3. The van der Waals surface area contributed by atoms with Crippen LogP contribution in [0.25, 0.3) is 21.8 Å². The predicted molar refractivity (Wildman–Crippen MR) is 127 cm³/mol. The lowest BCUT2D eigenvalue weighted by molar-refractivity contribution is -0.617. The molecular weight excluding hydrogens is 536 g/mol. The van der Waals surface area contributed by atoms with E-state index in [1.807, 2.05) is 60.1 Å². The van der Waals surface area contributed by atoms with E-state index in [0.717, 1.165) is 28.9 Å². The summed E-state index contributed by atoms with van der Waals surface area (Å²) in [5, 5.41) is 1.48. The molecule has 1 aromatic heterocycles. The zero-order chi connectivity index (χ0) is 24.8. The van der Waals surface area contributed by atoms with Crippen molar-refractivity contribution in [2.24, 2.45) is 7.05 Å². The molecule has 0 aliphatic rings. The average molecular weight is 559 g/mol. The lowest BCUT2D eigenvalue weighted by atomic mass is 10.0. The Bertz CT molecular complexity index is 1520. The first-order chi connectivity index (χ1) is 16.0. The third-order valence-electron chi connectivity index (χ3n) is 5.81. The molecule has 0 atom stereocenters. The van der Waals surface area contributed by atoms with Crippen molar-refractivity contribution in [2.45, 2.75) is 13.8 Å². The summed E-state index contributed by atoms with van der Waals surface area (Å²) in [5.41, 5.74) is 3.14. The van der Waals surface area contributed by atoms with Gasteiger partial charge in [-0.15, -0.1) is 0 Å². The Labute approximate surface area is 213 Å². The lowest BCUT2D eigenvalue weighted by Gasteiger charge is -2.16. The predicted octanol–water partition coefficient (Wildman–Crippen LogP) is 0.532. The van der Waals surface area contributed by atoms with Crippen molar-refractivity contribution in [2.75, 3.05) is 7.05 Å². The van der Waals surface area contributed by atoms with Crippen molar-refractivity contribution in [1.82, 2.24) is 4.31 Å². The number of para-hydroxylation sites is 2. The molecule has 4 rings (SSSR count). The first-order valence-corrected chi connectivity index (χ1v) is 11.8. The number of ether oxygens (including phenoxy) is 1. The van der Waals surface area contributed by atoms with Crippen LogP contribution in [0, 0.1) is 13.8 Å². The van der Waals surface area contributed by atoms with E-state index in [1.54, 1.807) is 13.8 Å². The summed E-state index contributed by atoms with van der Waals surface area (Å²) in [7, 11) is -1.79. The number of pyridine rings is 1. The fourth-order valence-corrected chi connectivity index (χ4v) is 4.43. The van der Waals surface area contributed by atoms with E-state index in [2.05, 4.69) is 0 Å². The maximum atomic E-state index is 13.5. The van der Waals surface area contributed by atoms with E-state index in [9.17, 15) is 18.0 Å². The van der Waals surface area contributed by atoms with Gasteiger partial charge in [0.05, 0.1) is 16.3 Å². The molecule has 3 aromatic carbocycles. The number of amides is 1. The van der Waals surface area contributed by atoms with Crippen LogP contribution in [0.5, 0.6) is 5.75 Å². The summed E-state index contributed by atoms with van der Waals surface area (Å²) >= 11 is 0. The van der Waals surface area contributed by atoms with E-state index in [0.29, 0.717) is 16.7 Å². The largest absolute Gasteiger partial charge is 1.00 e. The van der Waals surface area contributed by atoms with Crippen LogP contribution >= 0.6 is 0 Å². The van der Waals surface area contributed by atoms with E-state index < -0.39 is 22.2 Å². The molecule has 35 heavy (non-hydrogen) atoms. The van der Waals surface area contributed by atoms with Crippen LogP contribution in [0.4, 0.5) is 0 Å². The Morgan fingerprint density at radius 1 is 0.914 bits per heavy atom. The molecule has 0 spiro atoms. The number of fused-ring (bicyclic) bond motifs is 2. The minimum Gasteiger partial charge on any atom is -1.00 e. The Morgan fingerprint density at radius 2 is 1.37 bits per heavy atom. The Morgan fingerprint density at radius 3 is 1.83 bits per heavy atom. The molecule has 8 nitrogen and oxygen atoms in total. The smallest absolute Gasteiger partial charge is 0.362 e. The molecule has 1 amide bonds. The maximum Gasteiger partial charge on any atom is 0.362 e. The van der Waals surface area contributed by atoms with Crippen molar-refractivity contribution in [3.8, 4) is 5.75 Å². The molecular formula is C25H23BrN2O6S. The number of esters is 1. The number of benzene rings is 3. The van der Waals surface area contributed by atoms with E-state index in [1.165, 1.54) is 12.1 Å². The average Bonchev–Trinajstić information content (AvgIpc) is 2.80. The van der Waals surface area contributed by atoms with Gasteiger partial charge in [0.2, 0.25) is 11.0 Å². The second-order valence-corrected chi connectivity index (χ2v) is 9.49. The summed E-state index contributed by atoms with van der Waals surface area (Å²) in [4.78, 5) is 25.9. The summed E-state index contributed by atoms with van der Waals surface area (Å²) < 4.78 is 39.9. The van der Waals surface area contributed by atoms with Gasteiger partial charge in [-0.3, -0.25) is 9.35 Å². The number of carbonyl (C=O) groups is 2. The number of hydrogen-bond donors (Lipinski definition) is 1. The normalized spacial score (nSPS) is 11.2. The number of hydrogen-bond acceptors (Lipinski definition) is 5. The lowest BCUT2D eigenvalue weighted by Crippen LogP contribution is -3.00. The van der Waals surface area contributed by atoms with Crippen molar-refractivity contribution in [3.05, 3.63) is 82.9 Å². The highest BCUT2D eigenvalue weighted by molar-refractivity contribution is 7.84. The zero-order valence-corrected chi connectivity index (χ0v) is 21.8. The minimum absolute atomic E-state index is 0. The van der Waals surface area contributed by atoms with Crippen LogP contribution in [0.15, 0.2) is 60.7 Å². The molecule has 4 aromatic rings. The topological polar surface area (TPSA) is 105 Å². The molecule has 0 saturated heterocycles. The number of halogens is 1. The summed E-state index contributed by atoms with van der Waals surface area (Å²) in [6.07, 6.45) is 0. The van der Waals surface area contributed by atoms with Crippen LogP contribution in [0.2, 0.25) is 0 Å². The molecule has 0 bridgehead atoms. The van der Waals surface area contributed by atoms with Gasteiger partial charge >= 0.3 is 16.3 Å². The summed E-state index contributed by atoms with van der Waals surface area (Å²) in [5.74, 6) is -1.18. The van der Waals surface area contributed by atoms with E-state index in [4.69, 9.17) is 9.29 Å². The number of nitrogens with zero attached hydrogens (tertiary/aromatic N) is 2. The second kappa shape index (κ2) is 9.73. The zero-order valence-electron chi connectivity index (χ0n) is 19.4. The van der Waals surface area contributed by atoms with Gasteiger partial charge in [-0.05, 0) is 49.2 Å². The van der Waals surface area contributed by atoms with Crippen LogP contribution in [-0.2, 0) is 17.4 Å². The molecule has 0 saturated carbocycles. The van der Waals surface area contributed by atoms with Gasteiger partial charge in [-0.2, -0.15) is 13.0 Å². The third-order valence-corrected chi connectivity index (χ3v) is 6.67. The Hall–Kier alpha value is -3.34. The molecule has 10 heteroatoms. The number of aryl methyl sites for hydroxylation is 3. The molecule has 182 valence electrons. The van der Waals surface area contributed by atoms with Gasteiger partial charge in [0.1, 0.15) is 12.8 Å². The molecule has 0 aliphatic heterocycles. The van der Waals surface area contributed by atoms with Crippen LogP contribution in [-0.4, -0.2) is 36.2 Å². The Kier molecular flexibility index (Phi) is 7.30.